The van der Waals surface area contributed by atoms with Gasteiger partial charge in [-0.3, -0.25) is 4.79 Å². The van der Waals surface area contributed by atoms with Crippen molar-refractivity contribution in [2.75, 3.05) is 37.6 Å². The van der Waals surface area contributed by atoms with E-state index in [-0.39, 0.29) is 23.4 Å². The zero-order chi connectivity index (χ0) is 25.3. The van der Waals surface area contributed by atoms with Crippen molar-refractivity contribution in [3.05, 3.63) is 54.2 Å². The van der Waals surface area contributed by atoms with Gasteiger partial charge in [0.05, 0.1) is 11.4 Å². The van der Waals surface area contributed by atoms with Crippen molar-refractivity contribution in [3.63, 3.8) is 0 Å². The van der Waals surface area contributed by atoms with Gasteiger partial charge in [0.25, 0.3) is 10.0 Å². The number of nitrogens with zero attached hydrogens (tertiary/aromatic N) is 5. The number of hydrogen-bond donors (Lipinski definition) is 0. The van der Waals surface area contributed by atoms with Gasteiger partial charge in [-0.2, -0.15) is 0 Å². The van der Waals surface area contributed by atoms with Crippen LogP contribution in [0.2, 0.25) is 0 Å². The van der Waals surface area contributed by atoms with E-state index < -0.39 is 22.1 Å². The average Bonchev–Trinajstić information content (AvgIpc) is 3.27. The Morgan fingerprint density at radius 2 is 1.67 bits per heavy atom. The second kappa shape index (κ2) is 10.1. The van der Waals surface area contributed by atoms with Crippen LogP contribution in [0.3, 0.4) is 0 Å². The molecule has 5 rings (SSSR count). The molecule has 0 bridgehead atoms. The summed E-state index contributed by atoms with van der Waals surface area (Å²) in [7, 11) is -4.05. The summed E-state index contributed by atoms with van der Waals surface area (Å²) in [5.74, 6) is 0.721. The summed E-state index contributed by atoms with van der Waals surface area (Å²) in [6.45, 7) is 4.16. The molecule has 1 aromatic heterocycles. The summed E-state index contributed by atoms with van der Waals surface area (Å²) in [6.07, 6.45) is 6.42. The predicted molar refractivity (Wildman–Crippen MR) is 136 cm³/mol. The highest BCUT2D eigenvalue weighted by Gasteiger charge is 2.50. The lowest BCUT2D eigenvalue weighted by molar-refractivity contribution is -0.136. The minimum Gasteiger partial charge on any atom is -0.353 e. The van der Waals surface area contributed by atoms with Crippen LogP contribution in [0.1, 0.15) is 37.7 Å². The molecule has 3 fully saturated rings. The Kier molecular flexibility index (Phi) is 6.87. The maximum atomic E-state index is 13.8. The molecule has 2 aliphatic heterocycles. The number of aryl methyl sites for hydroxylation is 1. The highest BCUT2D eigenvalue weighted by molar-refractivity contribution is 7.89. The van der Waals surface area contributed by atoms with E-state index in [1.807, 2.05) is 19.1 Å². The molecule has 10 heteroatoms. The van der Waals surface area contributed by atoms with Crippen LogP contribution in [-0.2, 0) is 14.8 Å². The summed E-state index contributed by atoms with van der Waals surface area (Å²) in [4.78, 5) is 37.4. The number of sulfonamides is 1. The van der Waals surface area contributed by atoms with Crippen molar-refractivity contribution >= 4 is 27.8 Å². The molecule has 1 atom stereocenters. The van der Waals surface area contributed by atoms with E-state index >= 15 is 0 Å². The summed E-state index contributed by atoms with van der Waals surface area (Å²) < 4.78 is 27.7. The molecule has 192 valence electrons. The number of carbonyl (C=O) groups excluding carboxylic acids is 2. The molecule has 0 radical (unpaired) electrons. The Bertz CT molecular complexity index is 1210. The minimum atomic E-state index is -4.05. The number of anilines is 1. The Hall–Kier alpha value is -3.14. The molecule has 9 nitrogen and oxygen atoms in total. The van der Waals surface area contributed by atoms with E-state index in [1.165, 1.54) is 12.1 Å². The summed E-state index contributed by atoms with van der Waals surface area (Å²) in [5.41, 5.74) is 1.13. The standard InChI is InChI=1S/C26H33N5O4S/c1-20-12-13-27-24(18-20)28-14-16-29(17-15-28)25(32)23-19-30(36(34,35)22-10-6-3-7-11-22)26(33)31(23)21-8-4-2-5-9-21/h3,6-7,10-13,18,21,23H,2,4-5,8-9,14-17,19H2,1H3. The number of hydrogen-bond acceptors (Lipinski definition) is 6. The van der Waals surface area contributed by atoms with Gasteiger partial charge in [-0.05, 0) is 49.6 Å². The Morgan fingerprint density at radius 3 is 2.33 bits per heavy atom. The third-order valence-electron chi connectivity index (χ3n) is 7.51. The van der Waals surface area contributed by atoms with Gasteiger partial charge in [0.2, 0.25) is 5.91 Å². The van der Waals surface area contributed by atoms with Crippen LogP contribution in [-0.4, -0.2) is 84.3 Å². The molecular weight excluding hydrogens is 478 g/mol. The van der Waals surface area contributed by atoms with Crippen molar-refractivity contribution in [1.29, 1.82) is 0 Å². The minimum absolute atomic E-state index is 0.0642. The van der Waals surface area contributed by atoms with Crippen LogP contribution < -0.4 is 4.90 Å². The lowest BCUT2D eigenvalue weighted by Crippen LogP contribution is -2.56. The SMILES string of the molecule is Cc1ccnc(N2CCN(C(=O)C3CN(S(=O)(=O)c4ccccc4)C(=O)N3C3CCCCC3)CC2)c1. The molecule has 2 aromatic rings. The molecule has 1 aliphatic carbocycles. The predicted octanol–water partition coefficient (Wildman–Crippen LogP) is 2.87. The first-order valence-corrected chi connectivity index (χ1v) is 14.2. The molecule has 1 aromatic carbocycles. The average molecular weight is 512 g/mol. The lowest BCUT2D eigenvalue weighted by Gasteiger charge is -2.39. The van der Waals surface area contributed by atoms with Crippen molar-refractivity contribution in [2.45, 2.75) is 56.0 Å². The van der Waals surface area contributed by atoms with E-state index in [1.54, 1.807) is 34.2 Å². The van der Waals surface area contributed by atoms with Gasteiger partial charge >= 0.3 is 6.03 Å². The van der Waals surface area contributed by atoms with Gasteiger partial charge in [0.1, 0.15) is 11.9 Å². The topological polar surface area (TPSA) is 94.1 Å². The van der Waals surface area contributed by atoms with Crippen molar-refractivity contribution in [3.8, 4) is 0 Å². The van der Waals surface area contributed by atoms with E-state index in [4.69, 9.17) is 0 Å². The Labute approximate surface area is 212 Å². The van der Waals surface area contributed by atoms with Gasteiger partial charge < -0.3 is 14.7 Å². The smallest absolute Gasteiger partial charge is 0.335 e. The second-order valence-electron chi connectivity index (χ2n) is 9.85. The van der Waals surface area contributed by atoms with E-state index in [2.05, 4.69) is 9.88 Å². The Morgan fingerprint density at radius 1 is 0.972 bits per heavy atom. The first kappa shape index (κ1) is 24.5. The highest BCUT2D eigenvalue weighted by Crippen LogP contribution is 2.32. The van der Waals surface area contributed by atoms with Crippen molar-refractivity contribution in [1.82, 2.24) is 19.1 Å². The normalized spacial score (nSPS) is 21.8. The number of rotatable bonds is 5. The van der Waals surface area contributed by atoms with Crippen LogP contribution in [0.25, 0.3) is 0 Å². The van der Waals surface area contributed by atoms with Gasteiger partial charge in [0.15, 0.2) is 0 Å². The number of benzene rings is 1. The fourth-order valence-corrected chi connectivity index (χ4v) is 6.93. The van der Waals surface area contributed by atoms with Gasteiger partial charge in [-0.25, -0.2) is 22.5 Å². The zero-order valence-electron chi connectivity index (χ0n) is 20.6. The largest absolute Gasteiger partial charge is 0.353 e. The molecular formula is C26H33N5O4S. The summed E-state index contributed by atoms with van der Waals surface area (Å²) in [6, 6.07) is 10.5. The Balaban J connectivity index is 1.36. The van der Waals surface area contributed by atoms with Crippen LogP contribution in [0.5, 0.6) is 0 Å². The number of piperazine rings is 1. The highest BCUT2D eigenvalue weighted by atomic mass is 32.2. The van der Waals surface area contributed by atoms with Crippen molar-refractivity contribution in [2.24, 2.45) is 0 Å². The van der Waals surface area contributed by atoms with E-state index in [9.17, 15) is 18.0 Å². The van der Waals surface area contributed by atoms with Crippen LogP contribution in [0.15, 0.2) is 53.6 Å². The number of pyridine rings is 1. The second-order valence-corrected chi connectivity index (χ2v) is 11.7. The van der Waals surface area contributed by atoms with E-state index in [0.717, 1.165) is 47.8 Å². The molecule has 0 spiro atoms. The van der Waals surface area contributed by atoms with Gasteiger partial charge in [-0.1, -0.05) is 37.5 Å². The van der Waals surface area contributed by atoms with Crippen LogP contribution in [0, 0.1) is 6.92 Å². The number of urea groups is 1. The quantitative estimate of drug-likeness (QED) is 0.613. The first-order valence-electron chi connectivity index (χ1n) is 12.7. The van der Waals surface area contributed by atoms with Crippen LogP contribution >= 0.6 is 0 Å². The number of carbonyl (C=O) groups is 2. The number of amides is 3. The fraction of sp³-hybridized carbons (Fsp3) is 0.500. The molecule has 0 N–H and O–H groups in total. The van der Waals surface area contributed by atoms with E-state index in [0.29, 0.717) is 26.2 Å². The third kappa shape index (κ3) is 4.66. The molecule has 3 aliphatic rings. The van der Waals surface area contributed by atoms with Gasteiger partial charge in [0, 0.05) is 38.4 Å². The lowest BCUT2D eigenvalue weighted by atomic mass is 9.93. The molecule has 3 heterocycles. The molecule has 1 saturated carbocycles. The zero-order valence-corrected chi connectivity index (χ0v) is 21.4. The summed E-state index contributed by atoms with van der Waals surface area (Å²) in [5, 5.41) is 0. The third-order valence-corrected chi connectivity index (χ3v) is 9.26. The first-order chi connectivity index (χ1) is 17.4. The number of aromatic nitrogens is 1. The molecule has 3 amide bonds. The maximum absolute atomic E-state index is 13.8. The summed E-state index contributed by atoms with van der Waals surface area (Å²) >= 11 is 0. The maximum Gasteiger partial charge on any atom is 0.335 e. The van der Waals surface area contributed by atoms with Crippen molar-refractivity contribution < 1.29 is 18.0 Å². The molecule has 1 unspecified atom stereocenters. The molecule has 36 heavy (non-hydrogen) atoms. The monoisotopic (exact) mass is 511 g/mol. The fourth-order valence-electron chi connectivity index (χ4n) is 5.53. The van der Waals surface area contributed by atoms with Crippen LogP contribution in [0.4, 0.5) is 10.6 Å². The van der Waals surface area contributed by atoms with Gasteiger partial charge in [-0.15, -0.1) is 0 Å². The molecule has 2 saturated heterocycles.